The van der Waals surface area contributed by atoms with Crippen LogP contribution in [-0.2, 0) is 0 Å². The fraction of sp³-hybridized carbons (Fsp3) is 0.435. The Morgan fingerprint density at radius 3 is 2.11 bits per heavy atom. The van der Waals surface area contributed by atoms with E-state index in [0.717, 1.165) is 28.3 Å². The van der Waals surface area contributed by atoms with E-state index in [0.29, 0.717) is 0 Å². The van der Waals surface area contributed by atoms with Crippen LogP contribution in [0, 0.1) is 17.8 Å². The van der Waals surface area contributed by atoms with Crippen molar-refractivity contribution in [3.05, 3.63) is 54.6 Å². The number of benzene rings is 2. The van der Waals surface area contributed by atoms with Gasteiger partial charge in [0.2, 0.25) is 0 Å². The van der Waals surface area contributed by atoms with Gasteiger partial charge in [-0.05, 0) is 80.5 Å². The van der Waals surface area contributed by atoms with Crippen LogP contribution in [0.15, 0.2) is 64.4 Å². The second-order valence-electron chi connectivity index (χ2n) is 8.69. The highest BCUT2D eigenvalue weighted by molar-refractivity contribution is 7.99. The van der Waals surface area contributed by atoms with Gasteiger partial charge in [-0.15, -0.1) is 0 Å². The molecule has 6 rings (SSSR count). The first kappa shape index (κ1) is 17.2. The van der Waals surface area contributed by atoms with Crippen LogP contribution in [0.3, 0.4) is 0 Å². The van der Waals surface area contributed by atoms with Gasteiger partial charge in [-0.25, -0.2) is 4.79 Å². The molecule has 0 heterocycles. The number of anilines is 1. The number of urea groups is 1. The van der Waals surface area contributed by atoms with E-state index in [4.69, 9.17) is 0 Å². The monoisotopic (exact) mass is 378 g/mol. The Hall–Kier alpha value is -1.94. The van der Waals surface area contributed by atoms with E-state index in [-0.39, 0.29) is 11.6 Å². The van der Waals surface area contributed by atoms with E-state index in [1.54, 1.807) is 11.8 Å². The van der Waals surface area contributed by atoms with Crippen LogP contribution in [-0.4, -0.2) is 11.6 Å². The Bertz CT molecular complexity index is 800. The molecule has 0 spiro atoms. The third-order valence-electron chi connectivity index (χ3n) is 6.52. The zero-order chi connectivity index (χ0) is 18.3. The molecule has 2 amide bonds. The van der Waals surface area contributed by atoms with Gasteiger partial charge in [0.25, 0.3) is 0 Å². The minimum Gasteiger partial charge on any atom is -0.332 e. The average molecular weight is 379 g/mol. The molecule has 4 aliphatic carbocycles. The molecule has 3 nitrogen and oxygen atoms in total. The summed E-state index contributed by atoms with van der Waals surface area (Å²) in [5, 5.41) is 6.54. The third kappa shape index (κ3) is 3.60. The molecule has 0 saturated heterocycles. The Kier molecular flexibility index (Phi) is 4.39. The second kappa shape index (κ2) is 6.90. The molecule has 0 unspecified atom stereocenters. The van der Waals surface area contributed by atoms with Crippen molar-refractivity contribution in [3.8, 4) is 0 Å². The Morgan fingerprint density at radius 1 is 0.852 bits per heavy atom. The molecule has 140 valence electrons. The first-order valence-electron chi connectivity index (χ1n) is 10.1. The van der Waals surface area contributed by atoms with Crippen LogP contribution >= 0.6 is 11.8 Å². The van der Waals surface area contributed by atoms with Crippen molar-refractivity contribution in [2.45, 2.75) is 53.9 Å². The predicted molar refractivity (Wildman–Crippen MR) is 110 cm³/mol. The molecular formula is C23H26N2OS. The quantitative estimate of drug-likeness (QED) is 0.692. The normalized spacial score (nSPS) is 30.9. The van der Waals surface area contributed by atoms with Gasteiger partial charge in [0.05, 0.1) is 5.69 Å². The fourth-order valence-corrected chi connectivity index (χ4v) is 6.86. The van der Waals surface area contributed by atoms with Gasteiger partial charge in [-0.2, -0.15) is 0 Å². The molecule has 4 aliphatic rings. The summed E-state index contributed by atoms with van der Waals surface area (Å²) < 4.78 is 0. The third-order valence-corrected chi connectivity index (χ3v) is 7.61. The van der Waals surface area contributed by atoms with Crippen LogP contribution in [0.25, 0.3) is 0 Å². The van der Waals surface area contributed by atoms with Crippen LogP contribution in [0.1, 0.15) is 38.5 Å². The summed E-state index contributed by atoms with van der Waals surface area (Å²) in [5.41, 5.74) is 0.925. The lowest BCUT2D eigenvalue weighted by Crippen LogP contribution is -2.60. The number of amides is 2. The van der Waals surface area contributed by atoms with Crippen molar-refractivity contribution in [1.82, 2.24) is 5.32 Å². The standard InChI is InChI=1S/C23H26N2OS/c26-22(25-23-13-16-10-17(14-23)12-18(11-16)15-23)24-20-8-4-5-9-21(20)27-19-6-2-1-3-7-19/h1-9,16-18H,10-15H2,(H2,24,25,26). The summed E-state index contributed by atoms with van der Waals surface area (Å²) in [6.07, 6.45) is 7.68. The molecule has 2 aromatic carbocycles. The first-order valence-corrected chi connectivity index (χ1v) is 10.9. The number of carbonyl (C=O) groups excluding carboxylic acids is 1. The maximum Gasteiger partial charge on any atom is 0.319 e. The summed E-state index contributed by atoms with van der Waals surface area (Å²) >= 11 is 1.68. The highest BCUT2D eigenvalue weighted by Gasteiger charge is 2.51. The van der Waals surface area contributed by atoms with E-state index < -0.39 is 0 Å². The predicted octanol–water partition coefficient (Wildman–Crippen LogP) is 5.93. The van der Waals surface area contributed by atoms with Gasteiger partial charge in [-0.1, -0.05) is 42.1 Å². The Labute approximate surface area is 165 Å². The molecule has 0 atom stereocenters. The maximum absolute atomic E-state index is 12.9. The summed E-state index contributed by atoms with van der Waals surface area (Å²) in [6.45, 7) is 0. The molecule has 4 heteroatoms. The van der Waals surface area contributed by atoms with Gasteiger partial charge in [-0.3, -0.25) is 0 Å². The van der Waals surface area contributed by atoms with E-state index >= 15 is 0 Å². The lowest BCUT2D eigenvalue weighted by molar-refractivity contribution is -0.0127. The molecule has 4 bridgehead atoms. The van der Waals surface area contributed by atoms with Gasteiger partial charge < -0.3 is 10.6 Å². The van der Waals surface area contributed by atoms with Crippen molar-refractivity contribution in [1.29, 1.82) is 0 Å². The minimum atomic E-state index is -0.0435. The molecule has 27 heavy (non-hydrogen) atoms. The summed E-state index contributed by atoms with van der Waals surface area (Å²) in [7, 11) is 0. The number of hydrogen-bond donors (Lipinski definition) is 2. The Balaban J connectivity index is 1.29. The molecule has 0 aliphatic heterocycles. The Morgan fingerprint density at radius 2 is 1.44 bits per heavy atom. The highest BCUT2D eigenvalue weighted by Crippen LogP contribution is 2.55. The molecule has 2 N–H and O–H groups in total. The SMILES string of the molecule is O=C(Nc1ccccc1Sc1ccccc1)NC12CC3CC(CC(C3)C1)C2. The fourth-order valence-electron chi connectivity index (χ4n) is 5.93. The maximum atomic E-state index is 12.9. The lowest BCUT2D eigenvalue weighted by atomic mass is 9.53. The van der Waals surface area contributed by atoms with Crippen LogP contribution in [0.4, 0.5) is 10.5 Å². The zero-order valence-corrected chi connectivity index (χ0v) is 16.3. The number of para-hydroxylation sites is 1. The van der Waals surface area contributed by atoms with Crippen molar-refractivity contribution in [3.63, 3.8) is 0 Å². The zero-order valence-electron chi connectivity index (χ0n) is 15.5. The van der Waals surface area contributed by atoms with Gasteiger partial charge in [0, 0.05) is 15.3 Å². The van der Waals surface area contributed by atoms with Gasteiger partial charge >= 0.3 is 6.03 Å². The smallest absolute Gasteiger partial charge is 0.319 e. The van der Waals surface area contributed by atoms with E-state index in [1.165, 1.54) is 43.4 Å². The van der Waals surface area contributed by atoms with Crippen molar-refractivity contribution in [2.24, 2.45) is 17.8 Å². The molecule has 4 fully saturated rings. The average Bonchev–Trinajstić information content (AvgIpc) is 2.62. The summed E-state index contributed by atoms with van der Waals surface area (Å²) in [6, 6.07) is 18.3. The number of nitrogens with one attached hydrogen (secondary N) is 2. The largest absolute Gasteiger partial charge is 0.332 e. The van der Waals surface area contributed by atoms with Crippen LogP contribution in [0.5, 0.6) is 0 Å². The minimum absolute atomic E-state index is 0.0420. The van der Waals surface area contributed by atoms with E-state index in [2.05, 4.69) is 28.8 Å². The second-order valence-corrected chi connectivity index (χ2v) is 9.80. The summed E-state index contributed by atoms with van der Waals surface area (Å²) in [4.78, 5) is 15.1. The van der Waals surface area contributed by atoms with Crippen molar-refractivity contribution >= 4 is 23.5 Å². The number of hydrogen-bond acceptors (Lipinski definition) is 2. The van der Waals surface area contributed by atoms with Crippen molar-refractivity contribution in [2.75, 3.05) is 5.32 Å². The molecular weight excluding hydrogens is 352 g/mol. The first-order chi connectivity index (χ1) is 13.2. The summed E-state index contributed by atoms with van der Waals surface area (Å²) in [5.74, 6) is 2.49. The van der Waals surface area contributed by atoms with Gasteiger partial charge in [0.1, 0.15) is 0 Å². The van der Waals surface area contributed by atoms with Crippen LogP contribution in [0.2, 0.25) is 0 Å². The molecule has 0 aromatic heterocycles. The topological polar surface area (TPSA) is 41.1 Å². The van der Waals surface area contributed by atoms with Crippen molar-refractivity contribution < 1.29 is 4.79 Å². The van der Waals surface area contributed by atoms with E-state index in [9.17, 15) is 4.79 Å². The highest BCUT2D eigenvalue weighted by atomic mass is 32.2. The number of rotatable bonds is 4. The lowest BCUT2D eigenvalue weighted by Gasteiger charge is -2.56. The van der Waals surface area contributed by atoms with E-state index in [1.807, 2.05) is 36.4 Å². The molecule has 4 saturated carbocycles. The molecule has 2 aromatic rings. The number of carbonyl (C=O) groups is 1. The van der Waals surface area contributed by atoms with Crippen LogP contribution < -0.4 is 10.6 Å². The molecule has 0 radical (unpaired) electrons. The van der Waals surface area contributed by atoms with Gasteiger partial charge in [0.15, 0.2) is 0 Å².